The first kappa shape index (κ1) is 63.5. The van der Waals surface area contributed by atoms with Crippen molar-refractivity contribution in [2.24, 2.45) is 0 Å². The van der Waals surface area contributed by atoms with E-state index in [-0.39, 0.29) is 18.9 Å². The van der Waals surface area contributed by atoms with Crippen LogP contribution in [0.1, 0.15) is 181 Å². The van der Waals surface area contributed by atoms with Gasteiger partial charge in [-0.15, -0.1) is 0 Å². The summed E-state index contributed by atoms with van der Waals surface area (Å²) in [5, 5.41) is 86.9. The van der Waals surface area contributed by atoms with Crippen molar-refractivity contribution in [3.05, 3.63) is 72.9 Å². The van der Waals surface area contributed by atoms with E-state index in [9.17, 15) is 45.6 Å². The van der Waals surface area contributed by atoms with E-state index < -0.39 is 86.8 Å². The van der Waals surface area contributed by atoms with Gasteiger partial charge in [-0.3, -0.25) is 4.79 Å². The maximum Gasteiger partial charge on any atom is 0.220 e. The van der Waals surface area contributed by atoms with Crippen molar-refractivity contribution in [2.75, 3.05) is 19.8 Å². The topological polar surface area (TPSA) is 228 Å². The number of unbranched alkanes of at least 4 members (excludes halogenated alkanes) is 18. The van der Waals surface area contributed by atoms with Crippen LogP contribution in [0, 0.1) is 0 Å². The number of amides is 1. The molecule has 404 valence electrons. The monoisotopic (exact) mass is 992 g/mol. The molecule has 0 aromatic rings. The highest BCUT2D eigenvalue weighted by Crippen LogP contribution is 2.30. The molecule has 2 saturated heterocycles. The molecule has 9 N–H and O–H groups in total. The molecule has 2 fully saturated rings. The van der Waals surface area contributed by atoms with Gasteiger partial charge in [0.15, 0.2) is 12.6 Å². The molecule has 0 saturated carbocycles. The first-order valence-electron chi connectivity index (χ1n) is 27.2. The molecule has 2 aliphatic rings. The van der Waals surface area contributed by atoms with E-state index in [1.165, 1.54) is 70.6 Å². The molecule has 0 bridgehead atoms. The first-order chi connectivity index (χ1) is 34.1. The predicted octanol–water partition coefficient (Wildman–Crippen LogP) is 7.99. The normalized spacial score (nSPS) is 26.5. The van der Waals surface area contributed by atoms with Crippen LogP contribution < -0.4 is 5.32 Å². The van der Waals surface area contributed by atoms with Crippen LogP contribution in [-0.4, -0.2) is 140 Å². The number of aliphatic hydroxyl groups is 8. The third-order valence-corrected chi connectivity index (χ3v) is 12.9. The van der Waals surface area contributed by atoms with Crippen LogP contribution in [-0.2, 0) is 23.7 Å². The molecule has 0 spiro atoms. The Kier molecular flexibility index (Phi) is 38.0. The predicted molar refractivity (Wildman–Crippen MR) is 277 cm³/mol. The molecule has 2 aliphatic heterocycles. The van der Waals surface area contributed by atoms with Crippen molar-refractivity contribution >= 4 is 5.91 Å². The molecule has 14 heteroatoms. The summed E-state index contributed by atoms with van der Waals surface area (Å²) in [5.74, 6) is -0.267. The summed E-state index contributed by atoms with van der Waals surface area (Å²) in [7, 11) is 0. The summed E-state index contributed by atoms with van der Waals surface area (Å²) in [6.07, 6.45) is 36.5. The standard InChI is InChI=1S/C56H97NO13/c1-3-5-7-9-11-13-15-17-19-21-22-24-26-28-30-32-34-36-38-40-48(61)57-44(45(60)39-37-35-33-31-29-27-25-23-20-18-16-14-12-10-8-6-4-2)43-67-55-53(66)51(64)54(47(42-59)69-55)70-56-52(65)50(63)49(62)46(41-58)68-56/h5,7,11,13,17,19,22,24,29,31,37,39,44-47,49-56,58-60,62-66H,3-4,6,8-10,12,14-16,18,20-21,23,25-28,30,32-36,38,40-43H2,1-2H3,(H,57,61)/b7-5-,13-11-,19-17-,24-22-,31-29+,39-37+. The van der Waals surface area contributed by atoms with Gasteiger partial charge in [0.1, 0.15) is 48.8 Å². The summed E-state index contributed by atoms with van der Waals surface area (Å²) in [6, 6.07) is -0.942. The number of rotatable bonds is 41. The largest absolute Gasteiger partial charge is 0.394 e. The molecule has 0 aromatic carbocycles. The van der Waals surface area contributed by atoms with Crippen LogP contribution in [0.2, 0.25) is 0 Å². The molecule has 12 atom stereocenters. The van der Waals surface area contributed by atoms with E-state index in [0.717, 1.165) is 77.0 Å². The number of hydrogen-bond acceptors (Lipinski definition) is 13. The zero-order valence-electron chi connectivity index (χ0n) is 43.0. The number of ether oxygens (including phenoxy) is 4. The molecule has 0 aromatic heterocycles. The van der Waals surface area contributed by atoms with E-state index in [1.807, 2.05) is 6.08 Å². The number of hydrogen-bond donors (Lipinski definition) is 9. The van der Waals surface area contributed by atoms with Gasteiger partial charge in [-0.05, 0) is 70.6 Å². The Bertz CT molecular complexity index is 1450. The van der Waals surface area contributed by atoms with Gasteiger partial charge < -0.3 is 65.1 Å². The average Bonchev–Trinajstić information content (AvgIpc) is 3.36. The summed E-state index contributed by atoms with van der Waals surface area (Å²) >= 11 is 0. The molecule has 70 heavy (non-hydrogen) atoms. The van der Waals surface area contributed by atoms with Gasteiger partial charge in [0.05, 0.1) is 32.0 Å². The number of carbonyl (C=O) groups is 1. The smallest absolute Gasteiger partial charge is 0.220 e. The highest BCUT2D eigenvalue weighted by molar-refractivity contribution is 5.76. The molecule has 0 aliphatic carbocycles. The quantitative estimate of drug-likeness (QED) is 0.0209. The van der Waals surface area contributed by atoms with Gasteiger partial charge in [-0.1, -0.05) is 177 Å². The third kappa shape index (κ3) is 28.0. The van der Waals surface area contributed by atoms with Gasteiger partial charge in [0, 0.05) is 6.42 Å². The van der Waals surface area contributed by atoms with Gasteiger partial charge in [-0.2, -0.15) is 0 Å². The van der Waals surface area contributed by atoms with Gasteiger partial charge in [-0.25, -0.2) is 0 Å². The zero-order valence-corrected chi connectivity index (χ0v) is 43.0. The van der Waals surface area contributed by atoms with Crippen LogP contribution in [0.15, 0.2) is 72.9 Å². The van der Waals surface area contributed by atoms with Crippen LogP contribution in [0.3, 0.4) is 0 Å². The Morgan fingerprint density at radius 2 is 1.00 bits per heavy atom. The fourth-order valence-corrected chi connectivity index (χ4v) is 8.47. The van der Waals surface area contributed by atoms with Crippen LogP contribution in [0.25, 0.3) is 0 Å². The van der Waals surface area contributed by atoms with Crippen molar-refractivity contribution in [3.8, 4) is 0 Å². The highest BCUT2D eigenvalue weighted by atomic mass is 16.7. The third-order valence-electron chi connectivity index (χ3n) is 12.9. The Morgan fingerprint density at radius 1 is 0.529 bits per heavy atom. The molecule has 1 amide bonds. The fraction of sp³-hybridized carbons (Fsp3) is 0.768. The second-order valence-corrected chi connectivity index (χ2v) is 19.0. The van der Waals surface area contributed by atoms with Crippen molar-refractivity contribution in [2.45, 2.75) is 254 Å². The molecule has 2 heterocycles. The maximum absolute atomic E-state index is 13.2. The summed E-state index contributed by atoms with van der Waals surface area (Å²) in [4.78, 5) is 13.2. The Balaban J connectivity index is 1.85. The molecular formula is C56H97NO13. The molecule has 12 unspecified atom stereocenters. The molecule has 2 rings (SSSR count). The van der Waals surface area contributed by atoms with Crippen LogP contribution >= 0.6 is 0 Å². The number of aliphatic hydroxyl groups excluding tert-OH is 8. The van der Waals surface area contributed by atoms with Crippen LogP contribution in [0.5, 0.6) is 0 Å². The van der Waals surface area contributed by atoms with Gasteiger partial charge >= 0.3 is 0 Å². The number of allylic oxidation sites excluding steroid dienone is 11. The second kappa shape index (κ2) is 41.9. The van der Waals surface area contributed by atoms with E-state index in [2.05, 4.69) is 79.9 Å². The molecule has 0 radical (unpaired) electrons. The maximum atomic E-state index is 13.2. The fourth-order valence-electron chi connectivity index (χ4n) is 8.47. The molecular weight excluding hydrogens is 895 g/mol. The highest BCUT2D eigenvalue weighted by Gasteiger charge is 2.51. The van der Waals surface area contributed by atoms with Crippen molar-refractivity contribution in [1.29, 1.82) is 0 Å². The number of nitrogens with one attached hydrogen (secondary N) is 1. The van der Waals surface area contributed by atoms with Gasteiger partial charge in [0.2, 0.25) is 5.91 Å². The lowest BCUT2D eigenvalue weighted by molar-refractivity contribution is -0.359. The van der Waals surface area contributed by atoms with E-state index in [1.54, 1.807) is 6.08 Å². The Hall–Kier alpha value is -2.57. The summed E-state index contributed by atoms with van der Waals surface area (Å²) < 4.78 is 22.7. The lowest BCUT2D eigenvalue weighted by Crippen LogP contribution is -2.65. The zero-order chi connectivity index (χ0) is 51.0. The first-order valence-corrected chi connectivity index (χ1v) is 27.2. The Morgan fingerprint density at radius 3 is 1.57 bits per heavy atom. The van der Waals surface area contributed by atoms with Crippen molar-refractivity contribution in [3.63, 3.8) is 0 Å². The van der Waals surface area contributed by atoms with Crippen molar-refractivity contribution in [1.82, 2.24) is 5.32 Å². The average molecular weight is 992 g/mol. The van der Waals surface area contributed by atoms with E-state index in [4.69, 9.17) is 18.9 Å². The lowest BCUT2D eigenvalue weighted by atomic mass is 9.97. The van der Waals surface area contributed by atoms with E-state index >= 15 is 0 Å². The minimum atomic E-state index is -1.79. The Labute approximate surface area is 421 Å². The SMILES string of the molecule is CC/C=C\C/C=C\C/C=C\C/C=C\CCCCCCCCC(=O)NC(COC1OC(CO)C(OC2OC(CO)C(O)C(O)C2O)C(O)C1O)C(O)/C=C/CC/C=C/CCCCCCCCCCCCC. The molecule has 14 nitrogen and oxygen atoms in total. The van der Waals surface area contributed by atoms with Crippen LogP contribution in [0.4, 0.5) is 0 Å². The summed E-state index contributed by atoms with van der Waals surface area (Å²) in [5.41, 5.74) is 0. The second-order valence-electron chi connectivity index (χ2n) is 19.0. The minimum absolute atomic E-state index is 0.254. The summed E-state index contributed by atoms with van der Waals surface area (Å²) in [6.45, 7) is 2.64. The van der Waals surface area contributed by atoms with Gasteiger partial charge in [0.25, 0.3) is 0 Å². The lowest BCUT2D eigenvalue weighted by Gasteiger charge is -2.46. The van der Waals surface area contributed by atoms with E-state index in [0.29, 0.717) is 12.8 Å². The van der Waals surface area contributed by atoms with Crippen molar-refractivity contribution < 1.29 is 64.6 Å². The number of carbonyl (C=O) groups excluding carboxylic acids is 1. The minimum Gasteiger partial charge on any atom is -0.394 e.